The van der Waals surface area contributed by atoms with Crippen LogP contribution in [0.5, 0.6) is 0 Å². The quantitative estimate of drug-likeness (QED) is 0.339. The predicted octanol–water partition coefficient (Wildman–Crippen LogP) is 5.35. The number of aryl methyl sites for hydroxylation is 1. The lowest BCUT2D eigenvalue weighted by atomic mass is 9.88. The van der Waals surface area contributed by atoms with Crippen molar-refractivity contribution in [2.24, 2.45) is 11.8 Å². The molecule has 2 fully saturated rings. The maximum Gasteiger partial charge on any atom is 0.321 e. The fraction of sp³-hybridized carbons (Fsp3) is 0.500. The van der Waals surface area contributed by atoms with Gasteiger partial charge in [0.15, 0.2) is 10.9 Å². The number of hydrogen-bond acceptors (Lipinski definition) is 7. The Bertz CT molecular complexity index is 1280. The minimum atomic E-state index is -0.286. The second-order valence-corrected chi connectivity index (χ2v) is 12.2. The summed E-state index contributed by atoms with van der Waals surface area (Å²) in [6.07, 6.45) is 5.79. The molecule has 2 aliphatic rings. The van der Waals surface area contributed by atoms with Gasteiger partial charge in [-0.25, -0.2) is 14.2 Å². The summed E-state index contributed by atoms with van der Waals surface area (Å²) in [4.78, 5) is 34.7. The molecule has 214 valence electrons. The van der Waals surface area contributed by atoms with Crippen LogP contribution in [-0.4, -0.2) is 65.4 Å². The van der Waals surface area contributed by atoms with Gasteiger partial charge >= 0.3 is 6.03 Å². The van der Waals surface area contributed by atoms with E-state index in [1.54, 1.807) is 25.3 Å². The highest BCUT2D eigenvalue weighted by Gasteiger charge is 2.33. The first-order chi connectivity index (χ1) is 19.3. The summed E-state index contributed by atoms with van der Waals surface area (Å²) in [6.45, 7) is 8.69. The number of urea groups is 1. The van der Waals surface area contributed by atoms with Crippen LogP contribution in [-0.2, 0) is 13.0 Å². The van der Waals surface area contributed by atoms with E-state index in [2.05, 4.69) is 25.4 Å². The Morgan fingerprint density at radius 3 is 2.67 bits per heavy atom. The van der Waals surface area contributed by atoms with Crippen molar-refractivity contribution in [3.63, 3.8) is 0 Å². The topological polar surface area (TPSA) is 90.7 Å². The number of likely N-dealkylation sites (tertiary alicyclic amines) is 2. The van der Waals surface area contributed by atoms with Crippen molar-refractivity contribution in [3.05, 3.63) is 70.4 Å². The second-order valence-electron chi connectivity index (χ2n) is 11.2. The van der Waals surface area contributed by atoms with Crippen LogP contribution in [0, 0.1) is 24.6 Å². The minimum Gasteiger partial charge on any atom is -0.468 e. The van der Waals surface area contributed by atoms with Gasteiger partial charge in [-0.3, -0.25) is 15.0 Å². The molecule has 0 spiro atoms. The number of piperidine rings is 2. The summed E-state index contributed by atoms with van der Waals surface area (Å²) in [7, 11) is 0. The number of hydrogen-bond donors (Lipinski definition) is 2. The molecule has 2 aromatic heterocycles. The number of ketones is 1. The molecule has 0 radical (unpaired) electrons. The summed E-state index contributed by atoms with van der Waals surface area (Å²) in [5, 5.41) is 6.51. The molecule has 10 heteroatoms. The van der Waals surface area contributed by atoms with Crippen LogP contribution < -0.4 is 10.6 Å². The number of anilines is 1. The van der Waals surface area contributed by atoms with Gasteiger partial charge in [-0.05, 0) is 74.9 Å². The van der Waals surface area contributed by atoms with E-state index in [4.69, 9.17) is 4.42 Å². The molecule has 5 rings (SSSR count). The molecular formula is C30H38FN5O3S. The number of nitrogens with zero attached hydrogens (tertiary/aromatic N) is 3. The van der Waals surface area contributed by atoms with Crippen LogP contribution in [0.15, 0.2) is 47.1 Å². The molecule has 1 aromatic carbocycles. The number of Topliss-reactive ketones (excluding diaryl/α,β-unsaturated/α-hetero) is 1. The molecule has 0 saturated carbocycles. The maximum absolute atomic E-state index is 13.4. The summed E-state index contributed by atoms with van der Waals surface area (Å²) in [5.41, 5.74) is 1.81. The summed E-state index contributed by atoms with van der Waals surface area (Å²) in [6, 6.07) is 10.5. The molecule has 8 nitrogen and oxygen atoms in total. The molecule has 0 aliphatic carbocycles. The Morgan fingerprint density at radius 2 is 1.95 bits per heavy atom. The number of aromatic nitrogens is 1. The summed E-state index contributed by atoms with van der Waals surface area (Å²) in [5.74, 6) is 1.47. The van der Waals surface area contributed by atoms with Crippen LogP contribution in [0.25, 0.3) is 0 Å². The van der Waals surface area contributed by atoms with E-state index in [1.807, 2.05) is 24.3 Å². The van der Waals surface area contributed by atoms with Crippen molar-refractivity contribution in [1.29, 1.82) is 0 Å². The SMILES string of the molecule is CC(=O)c1sc(NC(=O)N[C@@H]2CCN(Cc3ccco3)C[C@H]2CN2CCC[C@@H](Cc3ccc(F)cc3)C2)nc1C. The standard InChI is InChI=1S/C30H38FN5O3S/c1-20-28(21(2)37)40-30(32-20)34-29(38)33-27-11-13-36(19-26-6-4-14-39-26)18-24(27)17-35-12-3-5-23(16-35)15-22-7-9-25(31)10-8-22/h4,6-10,14,23-24,27H,3,5,11-13,15-19H2,1-2H3,(H2,32,33,34,38)/t23-,24+,27+/m0/s1. The lowest BCUT2D eigenvalue weighted by Crippen LogP contribution is -2.55. The number of benzene rings is 1. The van der Waals surface area contributed by atoms with Crippen LogP contribution in [0.2, 0.25) is 0 Å². The maximum atomic E-state index is 13.4. The Hall–Kier alpha value is -3.08. The van der Waals surface area contributed by atoms with E-state index in [1.165, 1.54) is 30.2 Å². The van der Waals surface area contributed by atoms with Crippen molar-refractivity contribution in [2.75, 3.05) is 38.0 Å². The third-order valence-corrected chi connectivity index (χ3v) is 9.14. The van der Waals surface area contributed by atoms with Crippen molar-refractivity contribution in [3.8, 4) is 0 Å². The van der Waals surface area contributed by atoms with Gasteiger partial charge in [0.25, 0.3) is 0 Å². The zero-order valence-electron chi connectivity index (χ0n) is 23.2. The van der Waals surface area contributed by atoms with Gasteiger partial charge in [-0.2, -0.15) is 0 Å². The van der Waals surface area contributed by atoms with Gasteiger partial charge in [0, 0.05) is 45.1 Å². The highest BCUT2D eigenvalue weighted by molar-refractivity contribution is 7.17. The van der Waals surface area contributed by atoms with Gasteiger partial charge in [0.05, 0.1) is 23.4 Å². The lowest BCUT2D eigenvalue weighted by Gasteiger charge is -2.42. The van der Waals surface area contributed by atoms with Crippen LogP contribution >= 0.6 is 11.3 Å². The van der Waals surface area contributed by atoms with E-state index >= 15 is 0 Å². The van der Waals surface area contributed by atoms with Crippen molar-refractivity contribution in [2.45, 2.75) is 52.1 Å². The van der Waals surface area contributed by atoms with Crippen molar-refractivity contribution >= 4 is 28.3 Å². The number of nitrogens with one attached hydrogen (secondary N) is 2. The van der Waals surface area contributed by atoms with E-state index < -0.39 is 0 Å². The van der Waals surface area contributed by atoms with Crippen LogP contribution in [0.1, 0.15) is 52.9 Å². The number of carbonyl (C=O) groups excluding carboxylic acids is 2. The molecule has 2 N–H and O–H groups in total. The van der Waals surface area contributed by atoms with Gasteiger partial charge in [-0.15, -0.1) is 0 Å². The number of furan rings is 1. The van der Waals surface area contributed by atoms with Gasteiger partial charge < -0.3 is 14.6 Å². The zero-order valence-corrected chi connectivity index (χ0v) is 24.0. The average Bonchev–Trinajstić information content (AvgIpc) is 3.56. The van der Waals surface area contributed by atoms with Crippen LogP contribution in [0.3, 0.4) is 0 Å². The number of carbonyl (C=O) groups is 2. The fourth-order valence-corrected chi connectivity index (χ4v) is 6.95. The van der Waals surface area contributed by atoms with E-state index in [0.717, 1.165) is 64.3 Å². The Labute approximate surface area is 239 Å². The summed E-state index contributed by atoms with van der Waals surface area (Å²) < 4.78 is 19.0. The molecule has 40 heavy (non-hydrogen) atoms. The number of halogens is 1. The first kappa shape index (κ1) is 28.4. The van der Waals surface area contributed by atoms with Crippen molar-refractivity contribution in [1.82, 2.24) is 20.1 Å². The molecule has 2 amide bonds. The molecule has 2 saturated heterocycles. The molecule has 0 bridgehead atoms. The smallest absolute Gasteiger partial charge is 0.321 e. The van der Waals surface area contributed by atoms with Gasteiger partial charge in [0.1, 0.15) is 11.6 Å². The third kappa shape index (κ3) is 7.56. The largest absolute Gasteiger partial charge is 0.468 e. The van der Waals surface area contributed by atoms with E-state index in [-0.39, 0.29) is 29.6 Å². The molecular weight excluding hydrogens is 529 g/mol. The summed E-state index contributed by atoms with van der Waals surface area (Å²) >= 11 is 1.21. The van der Waals surface area contributed by atoms with Crippen LogP contribution in [0.4, 0.5) is 14.3 Å². The van der Waals surface area contributed by atoms with E-state index in [9.17, 15) is 14.0 Å². The number of thiazole rings is 1. The van der Waals surface area contributed by atoms with Gasteiger partial charge in [-0.1, -0.05) is 23.5 Å². The number of amides is 2. The first-order valence-corrected chi connectivity index (χ1v) is 14.9. The average molecular weight is 568 g/mol. The molecule has 0 unspecified atom stereocenters. The van der Waals surface area contributed by atoms with Crippen molar-refractivity contribution < 1.29 is 18.4 Å². The Kier molecular flexibility index (Phi) is 9.29. The molecule has 3 atom stereocenters. The zero-order chi connectivity index (χ0) is 28.1. The molecule has 4 heterocycles. The highest BCUT2D eigenvalue weighted by Crippen LogP contribution is 2.27. The normalized spacial score (nSPS) is 22.2. The van der Waals surface area contributed by atoms with E-state index in [0.29, 0.717) is 21.6 Å². The predicted molar refractivity (Wildman–Crippen MR) is 154 cm³/mol. The Balaban J connectivity index is 1.22. The third-order valence-electron chi connectivity index (χ3n) is 7.96. The Morgan fingerprint density at radius 1 is 1.12 bits per heavy atom. The second kappa shape index (κ2) is 13.1. The highest BCUT2D eigenvalue weighted by atomic mass is 32.1. The molecule has 3 aromatic rings. The minimum absolute atomic E-state index is 0.0127. The monoisotopic (exact) mass is 567 g/mol. The number of rotatable bonds is 9. The fourth-order valence-electron chi connectivity index (χ4n) is 6.10. The first-order valence-electron chi connectivity index (χ1n) is 14.1. The lowest BCUT2D eigenvalue weighted by molar-refractivity contribution is 0.0787. The molecule has 2 aliphatic heterocycles. The van der Waals surface area contributed by atoms with Gasteiger partial charge in [0.2, 0.25) is 0 Å².